The number of rotatable bonds is 5. The number of piperazine rings is 1. The molecular weight excluding hydrogens is 260 g/mol. The van der Waals surface area contributed by atoms with Crippen molar-refractivity contribution in [2.75, 3.05) is 32.7 Å². The first-order valence-corrected chi connectivity index (χ1v) is 6.68. The predicted octanol–water partition coefficient (Wildman–Crippen LogP) is 0.103. The molecule has 20 heavy (non-hydrogen) atoms. The van der Waals surface area contributed by atoms with Crippen LogP contribution in [0.5, 0.6) is 0 Å². The second-order valence-corrected chi connectivity index (χ2v) is 4.83. The van der Waals surface area contributed by atoms with Gasteiger partial charge in [0.25, 0.3) is 0 Å². The zero-order valence-corrected chi connectivity index (χ0v) is 11.4. The van der Waals surface area contributed by atoms with Crippen LogP contribution in [0.15, 0.2) is 28.0 Å². The third kappa shape index (κ3) is 3.99. The van der Waals surface area contributed by atoms with Crippen molar-refractivity contribution >= 4 is 11.7 Å². The van der Waals surface area contributed by atoms with Crippen LogP contribution in [0.3, 0.4) is 0 Å². The van der Waals surface area contributed by atoms with Crippen molar-refractivity contribution in [3.63, 3.8) is 0 Å². The molecule has 0 saturated carbocycles. The molecular formula is C13H20N4O3. The zero-order valence-electron chi connectivity index (χ0n) is 11.4. The number of amides is 1. The van der Waals surface area contributed by atoms with Gasteiger partial charge >= 0.3 is 0 Å². The van der Waals surface area contributed by atoms with E-state index in [1.807, 2.05) is 17.0 Å². The summed E-state index contributed by atoms with van der Waals surface area (Å²) < 4.78 is 5.21. The van der Waals surface area contributed by atoms with Crippen LogP contribution in [0.1, 0.15) is 12.2 Å². The van der Waals surface area contributed by atoms with Crippen LogP contribution in [-0.2, 0) is 11.2 Å². The topological polar surface area (TPSA) is 95.3 Å². The van der Waals surface area contributed by atoms with Gasteiger partial charge in [-0.2, -0.15) is 0 Å². The maximum Gasteiger partial charge on any atom is 0.223 e. The van der Waals surface area contributed by atoms with Crippen LogP contribution >= 0.6 is 0 Å². The van der Waals surface area contributed by atoms with Gasteiger partial charge in [-0.1, -0.05) is 5.16 Å². The summed E-state index contributed by atoms with van der Waals surface area (Å²) in [6.45, 7) is 3.27. The van der Waals surface area contributed by atoms with E-state index in [4.69, 9.17) is 15.4 Å². The fourth-order valence-electron chi connectivity index (χ4n) is 2.26. The molecule has 2 rings (SSSR count). The Morgan fingerprint density at radius 3 is 2.75 bits per heavy atom. The van der Waals surface area contributed by atoms with Crippen LogP contribution in [-0.4, -0.2) is 59.5 Å². The molecule has 110 valence electrons. The molecule has 0 atom stereocenters. The van der Waals surface area contributed by atoms with E-state index >= 15 is 0 Å². The molecule has 0 unspecified atom stereocenters. The van der Waals surface area contributed by atoms with Gasteiger partial charge in [-0.25, -0.2) is 0 Å². The van der Waals surface area contributed by atoms with Gasteiger partial charge in [-0.3, -0.25) is 9.69 Å². The third-order valence-corrected chi connectivity index (χ3v) is 3.40. The molecule has 7 nitrogen and oxygen atoms in total. The first-order valence-electron chi connectivity index (χ1n) is 6.68. The lowest BCUT2D eigenvalue weighted by Crippen LogP contribution is -2.50. The summed E-state index contributed by atoms with van der Waals surface area (Å²) in [6, 6.07) is 3.70. The van der Waals surface area contributed by atoms with Gasteiger partial charge in [-0.15, -0.1) is 0 Å². The van der Waals surface area contributed by atoms with Crippen molar-refractivity contribution in [3.05, 3.63) is 24.2 Å². The van der Waals surface area contributed by atoms with Gasteiger partial charge in [0, 0.05) is 39.0 Å². The second kappa shape index (κ2) is 6.95. The Kier molecular flexibility index (Phi) is 5.00. The first-order chi connectivity index (χ1) is 9.69. The molecule has 2 heterocycles. The van der Waals surface area contributed by atoms with Gasteiger partial charge < -0.3 is 20.3 Å². The van der Waals surface area contributed by atoms with Gasteiger partial charge in [0.15, 0.2) is 5.84 Å². The minimum absolute atomic E-state index is 0.143. The Balaban J connectivity index is 1.71. The quantitative estimate of drug-likeness (QED) is 0.345. The van der Waals surface area contributed by atoms with E-state index < -0.39 is 0 Å². The molecule has 1 aromatic rings. The average molecular weight is 280 g/mol. The van der Waals surface area contributed by atoms with E-state index in [9.17, 15) is 4.79 Å². The first kappa shape index (κ1) is 14.4. The summed E-state index contributed by atoms with van der Waals surface area (Å²) in [4.78, 5) is 16.0. The van der Waals surface area contributed by atoms with Gasteiger partial charge in [-0.05, 0) is 12.1 Å². The zero-order chi connectivity index (χ0) is 14.4. The molecule has 0 bridgehead atoms. The lowest BCUT2D eigenvalue weighted by atomic mass is 10.2. The number of nitrogens with two attached hydrogens (primary N) is 1. The van der Waals surface area contributed by atoms with Gasteiger partial charge in [0.1, 0.15) is 5.76 Å². The number of amidine groups is 1. The molecule has 0 aliphatic carbocycles. The van der Waals surface area contributed by atoms with Crippen molar-refractivity contribution in [2.24, 2.45) is 10.9 Å². The minimum Gasteiger partial charge on any atom is -0.469 e. The fraction of sp³-hybridized carbons (Fsp3) is 0.538. The molecule has 0 spiro atoms. The Bertz CT molecular complexity index is 450. The number of carbonyl (C=O) groups is 1. The van der Waals surface area contributed by atoms with Crippen molar-refractivity contribution in [1.82, 2.24) is 9.80 Å². The van der Waals surface area contributed by atoms with Crippen LogP contribution < -0.4 is 5.73 Å². The van der Waals surface area contributed by atoms with E-state index in [2.05, 4.69) is 10.1 Å². The molecule has 1 saturated heterocycles. The molecule has 1 aliphatic rings. The number of furan rings is 1. The highest BCUT2D eigenvalue weighted by molar-refractivity contribution is 5.81. The summed E-state index contributed by atoms with van der Waals surface area (Å²) >= 11 is 0. The summed E-state index contributed by atoms with van der Waals surface area (Å²) in [5.74, 6) is 1.18. The number of nitrogens with zero attached hydrogens (tertiary/aromatic N) is 3. The van der Waals surface area contributed by atoms with Crippen molar-refractivity contribution in [1.29, 1.82) is 0 Å². The van der Waals surface area contributed by atoms with Crippen LogP contribution in [0.4, 0.5) is 0 Å². The summed E-state index contributed by atoms with van der Waals surface area (Å²) in [7, 11) is 0. The minimum atomic E-state index is 0.143. The van der Waals surface area contributed by atoms with E-state index in [0.717, 1.165) is 18.8 Å². The molecule has 0 aromatic carbocycles. The van der Waals surface area contributed by atoms with Gasteiger partial charge in [0.05, 0.1) is 12.8 Å². The highest BCUT2D eigenvalue weighted by Crippen LogP contribution is 2.08. The highest BCUT2D eigenvalue weighted by atomic mass is 16.4. The number of oxime groups is 1. The van der Waals surface area contributed by atoms with Crippen LogP contribution in [0.2, 0.25) is 0 Å². The van der Waals surface area contributed by atoms with Crippen molar-refractivity contribution in [3.8, 4) is 0 Å². The largest absolute Gasteiger partial charge is 0.469 e. The number of aryl methyl sites for hydroxylation is 1. The highest BCUT2D eigenvalue weighted by Gasteiger charge is 2.21. The average Bonchev–Trinajstić information content (AvgIpc) is 2.98. The molecule has 0 radical (unpaired) electrons. The third-order valence-electron chi connectivity index (χ3n) is 3.40. The molecule has 1 aromatic heterocycles. The van der Waals surface area contributed by atoms with E-state index in [0.29, 0.717) is 32.5 Å². The van der Waals surface area contributed by atoms with Gasteiger partial charge in [0.2, 0.25) is 5.91 Å². The molecule has 1 fully saturated rings. The maximum absolute atomic E-state index is 12.1. The number of hydrogen-bond donors (Lipinski definition) is 2. The molecule has 1 aliphatic heterocycles. The van der Waals surface area contributed by atoms with Crippen LogP contribution in [0.25, 0.3) is 0 Å². The number of hydrogen-bond acceptors (Lipinski definition) is 5. The normalized spacial score (nSPS) is 17.4. The Morgan fingerprint density at radius 1 is 1.40 bits per heavy atom. The molecule has 1 amide bonds. The monoisotopic (exact) mass is 280 g/mol. The van der Waals surface area contributed by atoms with Crippen molar-refractivity contribution < 1.29 is 14.4 Å². The maximum atomic E-state index is 12.1. The standard InChI is InChI=1S/C13H20N4O3/c14-12(15-19)10-16-5-7-17(8-6-16)13(18)4-3-11-2-1-9-20-11/h1-2,9,19H,3-8,10H2,(H2,14,15). The fourth-order valence-corrected chi connectivity index (χ4v) is 2.26. The lowest BCUT2D eigenvalue weighted by molar-refractivity contribution is -0.132. The number of carbonyl (C=O) groups excluding carboxylic acids is 1. The van der Waals surface area contributed by atoms with Crippen molar-refractivity contribution in [2.45, 2.75) is 12.8 Å². The van der Waals surface area contributed by atoms with E-state index in [1.54, 1.807) is 6.26 Å². The SMILES string of the molecule is NC(CN1CCN(C(=O)CCc2ccco2)CC1)=NO. The molecule has 7 heteroatoms. The summed E-state index contributed by atoms with van der Waals surface area (Å²) in [5.41, 5.74) is 5.47. The van der Waals surface area contributed by atoms with Crippen LogP contribution in [0, 0.1) is 0 Å². The summed E-state index contributed by atoms with van der Waals surface area (Å²) in [6.07, 6.45) is 2.72. The summed E-state index contributed by atoms with van der Waals surface area (Å²) in [5, 5.41) is 11.5. The van der Waals surface area contributed by atoms with E-state index in [1.165, 1.54) is 0 Å². The lowest BCUT2D eigenvalue weighted by Gasteiger charge is -2.34. The Labute approximate surface area is 117 Å². The predicted molar refractivity (Wildman–Crippen MR) is 73.5 cm³/mol. The Hall–Kier alpha value is -2.02. The smallest absolute Gasteiger partial charge is 0.223 e. The Morgan fingerprint density at radius 2 is 2.15 bits per heavy atom. The van der Waals surface area contributed by atoms with E-state index in [-0.39, 0.29) is 11.7 Å². The molecule has 3 N–H and O–H groups in total. The second-order valence-electron chi connectivity index (χ2n) is 4.83.